The number of amides is 1. The zero-order chi connectivity index (χ0) is 25.1. The summed E-state index contributed by atoms with van der Waals surface area (Å²) < 4.78 is 6.82. The molecule has 4 rings (SSSR count). The first-order valence-electron chi connectivity index (χ1n) is 11.3. The lowest BCUT2D eigenvalue weighted by molar-refractivity contribution is -0.123. The van der Waals surface area contributed by atoms with E-state index < -0.39 is 24.0 Å². The lowest BCUT2D eigenvalue weighted by Gasteiger charge is -2.39. The number of benzene rings is 2. The van der Waals surface area contributed by atoms with E-state index in [9.17, 15) is 14.9 Å². The number of para-hydroxylation sites is 1. The third-order valence-corrected chi connectivity index (χ3v) is 6.21. The molecule has 1 amide bonds. The van der Waals surface area contributed by atoms with E-state index in [1.165, 1.54) is 0 Å². The fraction of sp³-hybridized carbons (Fsp3) is 0.269. The smallest absolute Gasteiger partial charge is 0.359 e. The predicted molar refractivity (Wildman–Crippen MR) is 135 cm³/mol. The van der Waals surface area contributed by atoms with E-state index in [4.69, 9.17) is 17.0 Å². The number of nitriles is 1. The average Bonchev–Trinajstić information content (AvgIpc) is 3.30. The van der Waals surface area contributed by atoms with Crippen LogP contribution in [0.2, 0.25) is 0 Å². The van der Waals surface area contributed by atoms with E-state index in [2.05, 4.69) is 24.3 Å². The lowest BCUT2D eigenvalue weighted by Crippen LogP contribution is -2.56. The minimum Gasteiger partial charge on any atom is -0.461 e. The van der Waals surface area contributed by atoms with Crippen molar-refractivity contribution in [2.45, 2.75) is 32.9 Å². The number of hydrogen-bond acceptors (Lipinski definition) is 6. The monoisotopic (exact) mass is 487 g/mol. The van der Waals surface area contributed by atoms with Crippen LogP contribution in [0.5, 0.6) is 0 Å². The number of ether oxygens (including phenoxy) is 1. The molecule has 2 atom stereocenters. The quantitative estimate of drug-likeness (QED) is 0.409. The summed E-state index contributed by atoms with van der Waals surface area (Å²) in [6.45, 7) is 6.07. The van der Waals surface area contributed by atoms with Crippen molar-refractivity contribution in [1.82, 2.24) is 15.1 Å². The summed E-state index contributed by atoms with van der Waals surface area (Å²) in [5.74, 6) is -1.95. The Morgan fingerprint density at radius 2 is 1.86 bits per heavy atom. The van der Waals surface area contributed by atoms with Crippen molar-refractivity contribution < 1.29 is 14.3 Å². The van der Waals surface area contributed by atoms with Gasteiger partial charge in [-0.25, -0.2) is 9.48 Å². The number of carbonyl (C=O) groups is 2. The van der Waals surface area contributed by atoms with Crippen LogP contribution in [0.25, 0.3) is 5.69 Å². The van der Waals surface area contributed by atoms with Gasteiger partial charge < -0.3 is 15.0 Å². The molecule has 35 heavy (non-hydrogen) atoms. The molecule has 1 aliphatic heterocycles. The van der Waals surface area contributed by atoms with Crippen LogP contribution in [0.1, 0.15) is 54.5 Å². The summed E-state index contributed by atoms with van der Waals surface area (Å²) in [5.41, 5.74) is 3.03. The highest BCUT2D eigenvalue weighted by Gasteiger charge is 2.42. The normalized spacial score (nSPS) is 17.7. The minimum atomic E-state index is -1.14. The number of nitrogens with zero attached hydrogens (tertiary/aromatic N) is 4. The molecule has 1 aromatic heterocycles. The third-order valence-electron chi connectivity index (χ3n) is 5.78. The van der Waals surface area contributed by atoms with Crippen LogP contribution in [0.3, 0.4) is 0 Å². The Balaban J connectivity index is 1.86. The second-order valence-electron chi connectivity index (χ2n) is 8.36. The summed E-state index contributed by atoms with van der Waals surface area (Å²) in [5, 5.41) is 17.0. The highest BCUT2D eigenvalue weighted by atomic mass is 32.1. The van der Waals surface area contributed by atoms with E-state index in [0.717, 1.165) is 11.3 Å². The third kappa shape index (κ3) is 4.66. The number of thiocarbonyl (C=S) groups is 1. The summed E-state index contributed by atoms with van der Waals surface area (Å²) >= 11 is 5.63. The molecule has 1 saturated heterocycles. The highest BCUT2D eigenvalue weighted by molar-refractivity contribution is 7.80. The van der Waals surface area contributed by atoms with E-state index in [1.54, 1.807) is 22.7 Å². The van der Waals surface area contributed by atoms with E-state index in [0.29, 0.717) is 17.2 Å². The predicted octanol–water partition coefficient (Wildman–Crippen LogP) is 4.27. The second kappa shape index (κ2) is 10.1. The zero-order valence-electron chi connectivity index (χ0n) is 19.6. The second-order valence-corrected chi connectivity index (χ2v) is 8.78. The first-order chi connectivity index (χ1) is 16.8. The van der Waals surface area contributed by atoms with Crippen molar-refractivity contribution in [3.05, 3.63) is 77.6 Å². The molecule has 0 aliphatic carbocycles. The maximum Gasteiger partial charge on any atom is 0.359 e. The van der Waals surface area contributed by atoms with Gasteiger partial charge in [-0.2, -0.15) is 10.4 Å². The van der Waals surface area contributed by atoms with E-state index >= 15 is 0 Å². The maximum absolute atomic E-state index is 12.9. The summed E-state index contributed by atoms with van der Waals surface area (Å²) in [4.78, 5) is 27.6. The van der Waals surface area contributed by atoms with E-state index in [-0.39, 0.29) is 17.3 Å². The molecule has 2 heterocycles. The van der Waals surface area contributed by atoms with Gasteiger partial charge in [-0.15, -0.1) is 0 Å². The molecule has 0 unspecified atom stereocenters. The van der Waals surface area contributed by atoms with Crippen molar-refractivity contribution in [3.63, 3.8) is 0 Å². The maximum atomic E-state index is 12.9. The fourth-order valence-corrected chi connectivity index (χ4v) is 4.32. The topological polar surface area (TPSA) is 100 Å². The van der Waals surface area contributed by atoms with Crippen LogP contribution < -0.4 is 10.2 Å². The Labute approximate surface area is 209 Å². The van der Waals surface area contributed by atoms with Crippen LogP contribution in [-0.4, -0.2) is 33.3 Å². The van der Waals surface area contributed by atoms with Crippen LogP contribution in [-0.2, 0) is 9.53 Å². The molecule has 8 nitrogen and oxygen atoms in total. The number of rotatable bonds is 6. The molecule has 0 saturated carbocycles. The fourth-order valence-electron chi connectivity index (χ4n) is 3.95. The van der Waals surface area contributed by atoms with Crippen molar-refractivity contribution in [1.29, 1.82) is 5.26 Å². The standard InChI is InChI=1S/C26H25N5O3S/c1-4-34-26(33)22-21(15-30(29-22)18-8-6-5-7-9-18)23-28-24(32)20(14-27)25(35)31(23)19-12-10-17(11-13-19)16(2)3/h5-13,15-16,20,23H,4H2,1-3H3,(H,28,32)/t20-,23+/m1/s1. The molecule has 0 radical (unpaired) electrons. The van der Waals surface area contributed by atoms with Gasteiger partial charge in [-0.3, -0.25) is 4.79 Å². The lowest BCUT2D eigenvalue weighted by atomic mass is 9.99. The van der Waals surface area contributed by atoms with Crippen molar-refractivity contribution >= 4 is 34.8 Å². The van der Waals surface area contributed by atoms with Gasteiger partial charge in [0.2, 0.25) is 5.91 Å². The van der Waals surface area contributed by atoms with Gasteiger partial charge in [0, 0.05) is 17.4 Å². The summed E-state index contributed by atoms with van der Waals surface area (Å²) in [6.07, 6.45) is 0.818. The Morgan fingerprint density at radius 3 is 2.46 bits per heavy atom. The molecular weight excluding hydrogens is 462 g/mol. The first kappa shape index (κ1) is 24.1. The van der Waals surface area contributed by atoms with Gasteiger partial charge in [-0.05, 0) is 42.7 Å². The molecule has 0 bridgehead atoms. The SMILES string of the molecule is CCOC(=O)c1nn(-c2ccccc2)cc1[C@H]1NC(=O)[C@@H](C#N)C(=S)N1c1ccc(C(C)C)cc1. The van der Waals surface area contributed by atoms with Gasteiger partial charge in [0.15, 0.2) is 11.6 Å². The van der Waals surface area contributed by atoms with Gasteiger partial charge in [0.1, 0.15) is 11.2 Å². The Kier molecular flexibility index (Phi) is 6.94. The van der Waals surface area contributed by atoms with Crippen LogP contribution in [0.4, 0.5) is 5.69 Å². The minimum absolute atomic E-state index is 0.0583. The van der Waals surface area contributed by atoms with Crippen LogP contribution >= 0.6 is 12.2 Å². The molecule has 1 N–H and O–H groups in total. The largest absolute Gasteiger partial charge is 0.461 e. The first-order valence-corrected chi connectivity index (χ1v) is 11.7. The number of hydrogen-bond donors (Lipinski definition) is 1. The molecule has 1 aliphatic rings. The van der Waals surface area contributed by atoms with Gasteiger partial charge in [-0.1, -0.05) is 56.4 Å². The molecular formula is C26H25N5O3S. The van der Waals surface area contributed by atoms with Gasteiger partial charge >= 0.3 is 5.97 Å². The molecule has 1 fully saturated rings. The average molecular weight is 488 g/mol. The molecule has 178 valence electrons. The number of carbonyl (C=O) groups excluding carboxylic acids is 2. The number of anilines is 1. The van der Waals surface area contributed by atoms with Gasteiger partial charge in [0.05, 0.1) is 18.4 Å². The van der Waals surface area contributed by atoms with Crippen molar-refractivity contribution in [3.8, 4) is 11.8 Å². The Morgan fingerprint density at radius 1 is 1.17 bits per heavy atom. The molecule has 3 aromatic rings. The van der Waals surface area contributed by atoms with Crippen LogP contribution in [0.15, 0.2) is 60.8 Å². The molecule has 9 heteroatoms. The number of nitrogens with one attached hydrogen (secondary N) is 1. The summed E-state index contributed by atoms with van der Waals surface area (Å²) in [6, 6.07) is 19.0. The number of esters is 1. The van der Waals surface area contributed by atoms with E-state index in [1.807, 2.05) is 60.7 Å². The molecule has 2 aromatic carbocycles. The van der Waals surface area contributed by atoms with Gasteiger partial charge in [0.25, 0.3) is 0 Å². The zero-order valence-corrected chi connectivity index (χ0v) is 20.5. The van der Waals surface area contributed by atoms with Crippen molar-refractivity contribution in [2.75, 3.05) is 11.5 Å². The number of aromatic nitrogens is 2. The Bertz CT molecular complexity index is 1290. The molecule has 0 spiro atoms. The van der Waals surface area contributed by atoms with Crippen molar-refractivity contribution in [2.24, 2.45) is 5.92 Å². The Hall–Kier alpha value is -4.03. The van der Waals surface area contributed by atoms with Crippen LogP contribution in [0, 0.1) is 17.2 Å². The highest BCUT2D eigenvalue weighted by Crippen LogP contribution is 2.34. The summed E-state index contributed by atoms with van der Waals surface area (Å²) in [7, 11) is 0.